The van der Waals surface area contributed by atoms with Crippen LogP contribution >= 0.6 is 46.3 Å². The summed E-state index contributed by atoms with van der Waals surface area (Å²) in [5.41, 5.74) is 2.88. The summed E-state index contributed by atoms with van der Waals surface area (Å²) in [4.78, 5) is 6.22. The van der Waals surface area contributed by atoms with E-state index >= 15 is 0 Å². The fraction of sp³-hybridized carbons (Fsp3) is 0. The highest BCUT2D eigenvalue weighted by atomic mass is 35.5. The third-order valence-corrected chi connectivity index (χ3v) is 10.5. The molecule has 0 fully saturated rings. The number of thiazole rings is 1. The number of aromatic nitrogens is 3. The minimum Gasteiger partial charge on any atom is -0.218 e. The summed E-state index contributed by atoms with van der Waals surface area (Å²) in [5, 5.41) is 6.24. The number of hydrogen-bond acceptors (Lipinski definition) is 6. The molecule has 2 aromatic heterocycles. The lowest BCUT2D eigenvalue weighted by Gasteiger charge is -2.09. The second-order valence-corrected chi connectivity index (χ2v) is 13.8. The zero-order valence-electron chi connectivity index (χ0n) is 20.6. The Kier molecular flexibility index (Phi) is 7.53. The van der Waals surface area contributed by atoms with Gasteiger partial charge in [-0.2, -0.15) is 5.10 Å². The molecular weight excluding hydrogens is 601 g/mol. The summed E-state index contributed by atoms with van der Waals surface area (Å²) in [6.45, 7) is 0. The van der Waals surface area contributed by atoms with Crippen LogP contribution in [0.1, 0.15) is 0 Å². The zero-order valence-corrected chi connectivity index (χ0v) is 24.6. The molecule has 6 aromatic rings. The first-order valence-electron chi connectivity index (χ1n) is 12.0. The first-order chi connectivity index (χ1) is 19.4. The number of hydrogen-bond donors (Lipinski definition) is 0. The van der Waals surface area contributed by atoms with Gasteiger partial charge in [0.1, 0.15) is 4.90 Å². The average molecular weight is 621 g/mol. The van der Waals surface area contributed by atoms with E-state index in [1.165, 1.54) is 29.7 Å². The molecule has 40 heavy (non-hydrogen) atoms. The van der Waals surface area contributed by atoms with Crippen LogP contribution in [0.3, 0.4) is 0 Å². The van der Waals surface area contributed by atoms with Gasteiger partial charge in [0.25, 0.3) is 0 Å². The van der Waals surface area contributed by atoms with Crippen molar-refractivity contribution in [1.82, 2.24) is 14.8 Å². The van der Waals surface area contributed by atoms with Gasteiger partial charge in [0, 0.05) is 26.1 Å². The predicted octanol–water partition coefficient (Wildman–Crippen LogP) is 8.95. The maximum Gasteiger partial charge on any atom is 0.212 e. The molecule has 0 atom stereocenters. The first kappa shape index (κ1) is 26.8. The van der Waals surface area contributed by atoms with Crippen LogP contribution in [0.5, 0.6) is 0 Å². The minimum atomic E-state index is -3.91. The molecule has 4 aromatic carbocycles. The maximum absolute atomic E-state index is 13.8. The molecule has 0 saturated carbocycles. The fourth-order valence-electron chi connectivity index (χ4n) is 4.12. The number of sulfone groups is 1. The Morgan fingerprint density at radius 1 is 0.725 bits per heavy atom. The Morgan fingerprint density at radius 3 is 1.93 bits per heavy atom. The van der Waals surface area contributed by atoms with E-state index < -0.39 is 9.84 Å². The average Bonchev–Trinajstić information content (AvgIpc) is 3.61. The molecule has 198 valence electrons. The molecule has 0 aliphatic heterocycles. The summed E-state index contributed by atoms with van der Waals surface area (Å²) in [6.07, 6.45) is 1.39. The van der Waals surface area contributed by atoms with Crippen LogP contribution in [0.15, 0.2) is 134 Å². The Hall–Kier alpha value is -3.40. The van der Waals surface area contributed by atoms with Crippen molar-refractivity contribution in [2.24, 2.45) is 0 Å². The van der Waals surface area contributed by atoms with Gasteiger partial charge in [-0.3, -0.25) is 0 Å². The SMILES string of the molecule is O=S(=O)(c1ccc(Cl)cc1)c1cnn(-c2nc(-c3ccccc3)c(Sc3ccc(Cl)cc3)s2)c1-c1ccccc1. The summed E-state index contributed by atoms with van der Waals surface area (Å²) in [6, 6.07) is 33.0. The van der Waals surface area contributed by atoms with E-state index in [-0.39, 0.29) is 9.79 Å². The van der Waals surface area contributed by atoms with E-state index in [4.69, 9.17) is 28.2 Å². The van der Waals surface area contributed by atoms with E-state index in [1.54, 1.807) is 28.6 Å². The molecule has 0 radical (unpaired) electrons. The van der Waals surface area contributed by atoms with E-state index in [2.05, 4.69) is 5.10 Å². The third-order valence-electron chi connectivity index (χ3n) is 6.03. The van der Waals surface area contributed by atoms with Crippen molar-refractivity contribution in [3.05, 3.63) is 125 Å². The largest absolute Gasteiger partial charge is 0.218 e. The molecule has 0 N–H and O–H groups in total. The molecule has 0 aliphatic rings. The summed E-state index contributed by atoms with van der Waals surface area (Å²) < 4.78 is 30.2. The van der Waals surface area contributed by atoms with Gasteiger partial charge in [-0.25, -0.2) is 18.1 Å². The van der Waals surface area contributed by atoms with E-state index in [9.17, 15) is 8.42 Å². The highest BCUT2D eigenvalue weighted by Crippen LogP contribution is 2.43. The maximum atomic E-state index is 13.8. The predicted molar refractivity (Wildman–Crippen MR) is 163 cm³/mol. The lowest BCUT2D eigenvalue weighted by Crippen LogP contribution is -2.05. The standard InChI is InChI=1S/C30H19Cl2N3O2S3/c31-22-11-15-24(16-12-22)38-29-27(20-7-3-1-4-8-20)34-30(39-29)35-28(21-9-5-2-6-10-21)26(19-33-35)40(36,37)25-17-13-23(32)14-18-25/h1-19H. The normalized spacial score (nSPS) is 11.6. The van der Waals surface area contributed by atoms with Crippen molar-refractivity contribution in [2.75, 3.05) is 0 Å². The first-order valence-corrected chi connectivity index (χ1v) is 15.9. The molecule has 0 saturated heterocycles. The van der Waals surface area contributed by atoms with Crippen molar-refractivity contribution in [2.45, 2.75) is 18.9 Å². The van der Waals surface area contributed by atoms with Gasteiger partial charge < -0.3 is 0 Å². The van der Waals surface area contributed by atoms with E-state index in [0.717, 1.165) is 20.4 Å². The summed E-state index contributed by atoms with van der Waals surface area (Å²) >= 11 is 15.1. The van der Waals surface area contributed by atoms with Gasteiger partial charge in [0.15, 0.2) is 0 Å². The minimum absolute atomic E-state index is 0.0874. The molecule has 6 rings (SSSR count). The van der Waals surface area contributed by atoms with Gasteiger partial charge in [0.2, 0.25) is 15.0 Å². The van der Waals surface area contributed by atoms with Crippen LogP contribution in [0.4, 0.5) is 0 Å². The molecular formula is C30H19Cl2N3O2S3. The fourth-order valence-corrected chi connectivity index (χ4v) is 7.98. The van der Waals surface area contributed by atoms with Gasteiger partial charge >= 0.3 is 0 Å². The molecule has 2 heterocycles. The number of rotatable bonds is 7. The number of nitrogens with zero attached hydrogens (tertiary/aromatic N) is 3. The number of benzene rings is 4. The van der Waals surface area contributed by atoms with E-state index in [0.29, 0.717) is 26.4 Å². The highest BCUT2D eigenvalue weighted by Gasteiger charge is 2.28. The van der Waals surface area contributed by atoms with Crippen LogP contribution < -0.4 is 0 Å². The smallest absolute Gasteiger partial charge is 0.212 e. The van der Waals surface area contributed by atoms with Crippen molar-refractivity contribution in [3.63, 3.8) is 0 Å². The molecule has 0 aliphatic carbocycles. The summed E-state index contributed by atoms with van der Waals surface area (Å²) in [7, 11) is -3.91. The molecule has 0 amide bonds. The van der Waals surface area contributed by atoms with Crippen LogP contribution in [-0.4, -0.2) is 23.2 Å². The zero-order chi connectivity index (χ0) is 27.7. The lowest BCUT2D eigenvalue weighted by atomic mass is 10.1. The van der Waals surface area contributed by atoms with Crippen LogP contribution in [0.2, 0.25) is 10.0 Å². The highest BCUT2D eigenvalue weighted by molar-refractivity contribution is 8.01. The van der Waals surface area contributed by atoms with E-state index in [1.807, 2.05) is 84.9 Å². The topological polar surface area (TPSA) is 64.8 Å². The molecule has 0 bridgehead atoms. The van der Waals surface area contributed by atoms with Crippen LogP contribution in [-0.2, 0) is 9.84 Å². The summed E-state index contributed by atoms with van der Waals surface area (Å²) in [5.74, 6) is 0. The number of halogens is 2. The second-order valence-electron chi connectivity index (χ2n) is 8.65. The van der Waals surface area contributed by atoms with Crippen LogP contribution in [0.25, 0.3) is 27.6 Å². The van der Waals surface area contributed by atoms with Gasteiger partial charge in [0.05, 0.1) is 26.7 Å². The molecule has 0 spiro atoms. The van der Waals surface area contributed by atoms with Crippen molar-refractivity contribution in [1.29, 1.82) is 0 Å². The monoisotopic (exact) mass is 619 g/mol. The Labute approximate surface area is 250 Å². The van der Waals surface area contributed by atoms with Gasteiger partial charge in [-0.15, -0.1) is 0 Å². The lowest BCUT2D eigenvalue weighted by molar-refractivity contribution is 0.596. The Morgan fingerprint density at radius 2 is 1.30 bits per heavy atom. The van der Waals surface area contributed by atoms with Gasteiger partial charge in [-0.1, -0.05) is 107 Å². The molecule has 0 unspecified atom stereocenters. The second kappa shape index (κ2) is 11.2. The van der Waals surface area contributed by atoms with Crippen molar-refractivity contribution >= 4 is 56.1 Å². The van der Waals surface area contributed by atoms with Crippen molar-refractivity contribution in [3.8, 4) is 27.6 Å². The Balaban J connectivity index is 1.53. The molecule has 5 nitrogen and oxygen atoms in total. The Bertz CT molecular complexity index is 1890. The molecule has 10 heteroatoms. The quantitative estimate of drug-likeness (QED) is 0.178. The van der Waals surface area contributed by atoms with Crippen LogP contribution in [0, 0.1) is 0 Å². The third kappa shape index (κ3) is 5.33. The van der Waals surface area contributed by atoms with Gasteiger partial charge in [-0.05, 0) is 48.5 Å². The van der Waals surface area contributed by atoms with Crippen molar-refractivity contribution < 1.29 is 8.42 Å².